The highest BCUT2D eigenvalue weighted by Gasteiger charge is 2.46. The first-order chi connectivity index (χ1) is 15.4. The molecule has 0 bridgehead atoms. The molecule has 1 aliphatic carbocycles. The Balaban J connectivity index is 1.40. The molecule has 2 aliphatic heterocycles. The van der Waals surface area contributed by atoms with Gasteiger partial charge in [0.1, 0.15) is 11.2 Å². The fourth-order valence-electron chi connectivity index (χ4n) is 4.67. The largest absolute Gasteiger partial charge is 0.379 e. The molecule has 1 saturated heterocycles. The second-order valence-electron chi connectivity index (χ2n) is 9.23. The summed E-state index contributed by atoms with van der Waals surface area (Å²) >= 11 is 0. The number of hydrogen-bond donors (Lipinski definition) is 2. The predicted molar refractivity (Wildman–Crippen MR) is 117 cm³/mol. The summed E-state index contributed by atoms with van der Waals surface area (Å²) in [5, 5.41) is 10.4. The van der Waals surface area contributed by atoms with Gasteiger partial charge in [-0.2, -0.15) is 5.10 Å². The summed E-state index contributed by atoms with van der Waals surface area (Å²) < 4.78 is 6.83. The summed E-state index contributed by atoms with van der Waals surface area (Å²) in [6.07, 6.45) is 5.38. The van der Waals surface area contributed by atoms with Crippen LogP contribution in [0.15, 0.2) is 6.07 Å². The number of aromatic nitrogens is 2. The molecule has 4 rings (SSSR count). The lowest BCUT2D eigenvalue weighted by atomic mass is 9.92. The first-order valence-electron chi connectivity index (χ1n) is 11.6. The van der Waals surface area contributed by atoms with Crippen molar-refractivity contribution in [1.82, 2.24) is 30.2 Å². The van der Waals surface area contributed by atoms with Crippen LogP contribution in [0.1, 0.15) is 60.0 Å². The molecule has 0 aromatic carbocycles. The number of hydrogen-bond acceptors (Lipinski definition) is 6. The van der Waals surface area contributed by atoms with Gasteiger partial charge in [-0.3, -0.25) is 24.0 Å². The van der Waals surface area contributed by atoms with E-state index in [0.29, 0.717) is 25.5 Å². The Bertz CT molecular complexity index is 859. The van der Waals surface area contributed by atoms with Crippen molar-refractivity contribution in [2.75, 3.05) is 46.4 Å². The highest BCUT2D eigenvalue weighted by Crippen LogP contribution is 2.27. The van der Waals surface area contributed by atoms with Crippen molar-refractivity contribution < 1.29 is 19.1 Å². The van der Waals surface area contributed by atoms with Crippen LogP contribution in [0.25, 0.3) is 0 Å². The Morgan fingerprint density at radius 2 is 1.94 bits per heavy atom. The fraction of sp³-hybridized carbons (Fsp3) is 0.727. The third-order valence-corrected chi connectivity index (χ3v) is 6.98. The lowest BCUT2D eigenvalue weighted by Crippen LogP contribution is -2.63. The molecule has 2 fully saturated rings. The van der Waals surface area contributed by atoms with Gasteiger partial charge in [0.2, 0.25) is 5.91 Å². The molecule has 3 heterocycles. The first-order valence-corrected chi connectivity index (χ1v) is 11.6. The molecule has 32 heavy (non-hydrogen) atoms. The zero-order chi connectivity index (χ0) is 22.7. The summed E-state index contributed by atoms with van der Waals surface area (Å²) in [6, 6.07) is 1.67. The number of amides is 3. The van der Waals surface area contributed by atoms with Gasteiger partial charge in [0.05, 0.1) is 19.8 Å². The van der Waals surface area contributed by atoms with Gasteiger partial charge >= 0.3 is 0 Å². The Labute approximate surface area is 188 Å². The Hall–Kier alpha value is -2.46. The van der Waals surface area contributed by atoms with E-state index in [9.17, 15) is 14.4 Å². The van der Waals surface area contributed by atoms with Crippen molar-refractivity contribution in [1.29, 1.82) is 0 Å². The predicted octanol–water partition coefficient (Wildman–Crippen LogP) is 0.238. The number of carbonyl (C=O) groups is 3. The second-order valence-corrected chi connectivity index (χ2v) is 9.23. The molecule has 2 N–H and O–H groups in total. The molecule has 0 spiro atoms. The monoisotopic (exact) mass is 446 g/mol. The zero-order valence-electron chi connectivity index (χ0n) is 19.1. The molecule has 10 nitrogen and oxygen atoms in total. The van der Waals surface area contributed by atoms with Gasteiger partial charge in [0, 0.05) is 45.3 Å². The summed E-state index contributed by atoms with van der Waals surface area (Å²) in [5.41, 5.74) is -0.535. The van der Waals surface area contributed by atoms with Gasteiger partial charge in [-0.05, 0) is 19.8 Å². The maximum Gasteiger partial charge on any atom is 0.272 e. The van der Waals surface area contributed by atoms with Crippen molar-refractivity contribution >= 4 is 17.7 Å². The van der Waals surface area contributed by atoms with Gasteiger partial charge in [-0.25, -0.2) is 0 Å². The standard InChI is InChI=1S/C22H34N6O4/c1-22(21(31)24-16-6-4-3-5-7-16)15-28-18(20(30)26(22)2)14-17(25-28)19(29)23-8-9-27-10-12-32-13-11-27/h14,16H,3-13,15H2,1-2H3,(H,23,29)(H,24,31)/t22-/m0/s1. The molecule has 1 saturated carbocycles. The molecule has 176 valence electrons. The molecule has 10 heteroatoms. The van der Waals surface area contributed by atoms with Crippen LogP contribution >= 0.6 is 0 Å². The first kappa shape index (κ1) is 22.7. The highest BCUT2D eigenvalue weighted by molar-refractivity contribution is 6.01. The Kier molecular flexibility index (Phi) is 6.80. The minimum atomic E-state index is -1.06. The quantitative estimate of drug-likeness (QED) is 0.648. The van der Waals surface area contributed by atoms with Crippen LogP contribution in [0.3, 0.4) is 0 Å². The van der Waals surface area contributed by atoms with E-state index in [0.717, 1.165) is 45.3 Å². The second kappa shape index (κ2) is 9.58. The van der Waals surface area contributed by atoms with Gasteiger partial charge < -0.3 is 20.3 Å². The van der Waals surface area contributed by atoms with Crippen molar-refractivity contribution in [3.8, 4) is 0 Å². The summed E-state index contributed by atoms with van der Waals surface area (Å²) in [5.74, 6) is -0.792. The van der Waals surface area contributed by atoms with Gasteiger partial charge in [0.15, 0.2) is 5.69 Å². The minimum absolute atomic E-state index is 0.156. The van der Waals surface area contributed by atoms with Gasteiger partial charge in [0.25, 0.3) is 11.8 Å². The molecular weight excluding hydrogens is 412 g/mol. The van der Waals surface area contributed by atoms with E-state index in [1.54, 1.807) is 14.0 Å². The van der Waals surface area contributed by atoms with Gasteiger partial charge in [-0.1, -0.05) is 19.3 Å². The maximum atomic E-state index is 13.1. The van der Waals surface area contributed by atoms with Crippen LogP contribution in [0.2, 0.25) is 0 Å². The number of morpholine rings is 1. The summed E-state index contributed by atoms with van der Waals surface area (Å²) in [6.45, 7) is 6.35. The zero-order valence-corrected chi connectivity index (χ0v) is 19.1. The molecule has 0 unspecified atom stereocenters. The fourth-order valence-corrected chi connectivity index (χ4v) is 4.67. The molecule has 1 atom stereocenters. The number of nitrogens with one attached hydrogen (secondary N) is 2. The van der Waals surface area contributed by atoms with Crippen LogP contribution < -0.4 is 10.6 Å². The van der Waals surface area contributed by atoms with Crippen molar-refractivity contribution in [2.24, 2.45) is 0 Å². The van der Waals surface area contributed by atoms with Crippen LogP contribution in [0, 0.1) is 0 Å². The SMILES string of the molecule is CN1C(=O)c2cc(C(=O)NCCN3CCOCC3)nn2C[C@@]1(C)C(=O)NC1CCCCC1. The van der Waals surface area contributed by atoms with Crippen LogP contribution in [0.5, 0.6) is 0 Å². The molecule has 0 radical (unpaired) electrons. The van der Waals surface area contributed by atoms with E-state index < -0.39 is 5.54 Å². The summed E-state index contributed by atoms with van der Waals surface area (Å²) in [7, 11) is 1.64. The highest BCUT2D eigenvalue weighted by atomic mass is 16.5. The van der Waals surface area contributed by atoms with Crippen molar-refractivity contribution in [3.05, 3.63) is 17.5 Å². The molecule has 1 aromatic heterocycles. The minimum Gasteiger partial charge on any atom is -0.379 e. The van der Waals surface area contributed by atoms with Crippen molar-refractivity contribution in [3.63, 3.8) is 0 Å². The van der Waals surface area contributed by atoms with Crippen LogP contribution in [-0.2, 0) is 16.1 Å². The molecule has 3 aliphatic rings. The van der Waals surface area contributed by atoms with E-state index in [1.165, 1.54) is 22.1 Å². The number of carbonyl (C=O) groups excluding carboxylic acids is 3. The molecule has 1 aromatic rings. The van der Waals surface area contributed by atoms with Crippen LogP contribution in [0.4, 0.5) is 0 Å². The number of ether oxygens (including phenoxy) is 1. The van der Waals surface area contributed by atoms with E-state index in [4.69, 9.17) is 4.74 Å². The topological polar surface area (TPSA) is 109 Å². The van der Waals surface area contributed by atoms with E-state index in [2.05, 4.69) is 20.6 Å². The van der Waals surface area contributed by atoms with Crippen molar-refractivity contribution in [2.45, 2.75) is 57.2 Å². The summed E-state index contributed by atoms with van der Waals surface area (Å²) in [4.78, 5) is 42.5. The lowest BCUT2D eigenvalue weighted by molar-refractivity contribution is -0.133. The third kappa shape index (κ3) is 4.66. The molecular formula is C22H34N6O4. The van der Waals surface area contributed by atoms with Gasteiger partial charge in [-0.15, -0.1) is 0 Å². The molecule has 3 amide bonds. The average Bonchev–Trinajstić information content (AvgIpc) is 3.23. The smallest absolute Gasteiger partial charge is 0.272 e. The number of nitrogens with zero attached hydrogens (tertiary/aromatic N) is 4. The normalized spacial score (nSPS) is 24.8. The van der Waals surface area contributed by atoms with E-state index >= 15 is 0 Å². The maximum absolute atomic E-state index is 13.1. The van der Waals surface area contributed by atoms with Crippen LogP contribution in [-0.4, -0.2) is 95.3 Å². The van der Waals surface area contributed by atoms with E-state index in [-0.39, 0.29) is 36.0 Å². The average molecular weight is 447 g/mol. The Morgan fingerprint density at radius 1 is 1.22 bits per heavy atom. The van der Waals surface area contributed by atoms with E-state index in [1.807, 2.05) is 0 Å². The lowest BCUT2D eigenvalue weighted by Gasteiger charge is -2.41. The number of rotatable bonds is 6. The third-order valence-electron chi connectivity index (χ3n) is 6.98. The Morgan fingerprint density at radius 3 is 2.66 bits per heavy atom. The number of fused-ring (bicyclic) bond motifs is 1. The number of likely N-dealkylation sites (N-methyl/N-ethyl adjacent to an activating group) is 1.